The maximum atomic E-state index is 12.0. The molecule has 0 saturated heterocycles. The quantitative estimate of drug-likeness (QED) is 0.288. The molecule has 0 aliphatic rings. The van der Waals surface area contributed by atoms with Crippen molar-refractivity contribution in [3.8, 4) is 0 Å². The molecule has 7 heteroatoms. The van der Waals surface area contributed by atoms with E-state index >= 15 is 0 Å². The number of hydrogen-bond donors (Lipinski definition) is 2. The van der Waals surface area contributed by atoms with E-state index in [0.29, 0.717) is 11.6 Å². The van der Waals surface area contributed by atoms with Crippen molar-refractivity contribution in [1.29, 1.82) is 0 Å². The fourth-order valence-electron chi connectivity index (χ4n) is 3.47. The lowest BCUT2D eigenvalue weighted by atomic mass is 10.0. The second-order valence-electron chi connectivity index (χ2n) is 9.53. The molecule has 2 N–H and O–H groups in total. The molecule has 0 aliphatic heterocycles. The zero-order valence-electron chi connectivity index (χ0n) is 20.6. The van der Waals surface area contributed by atoms with Crippen LogP contribution in [0.2, 0.25) is 0 Å². The molecule has 180 valence electrons. The Balaban J connectivity index is 1.51. The Labute approximate surface area is 210 Å². The molecule has 0 unspecified atom stereocenters. The van der Waals surface area contributed by atoms with E-state index in [1.807, 2.05) is 63.2 Å². The van der Waals surface area contributed by atoms with Crippen molar-refractivity contribution in [3.63, 3.8) is 0 Å². The summed E-state index contributed by atoms with van der Waals surface area (Å²) >= 11 is 1.63. The molecule has 4 aromatic rings. The first-order valence-electron chi connectivity index (χ1n) is 11.6. The third kappa shape index (κ3) is 6.51. The smallest absolute Gasteiger partial charge is 0.412 e. The summed E-state index contributed by atoms with van der Waals surface area (Å²) in [6.07, 6.45) is 1.13. The summed E-state index contributed by atoms with van der Waals surface area (Å²) in [5, 5.41) is 7.24. The summed E-state index contributed by atoms with van der Waals surface area (Å²) in [5.41, 5.74) is 3.28. The second kappa shape index (κ2) is 10.4. The Bertz CT molecular complexity index is 1330. The lowest BCUT2D eigenvalue weighted by Gasteiger charge is -2.19. The van der Waals surface area contributed by atoms with Crippen LogP contribution in [-0.4, -0.2) is 21.7 Å². The molecule has 1 aromatic heterocycles. The first-order valence-corrected chi connectivity index (χ1v) is 12.4. The van der Waals surface area contributed by atoms with Crippen molar-refractivity contribution in [2.24, 2.45) is 0 Å². The molecule has 6 nitrogen and oxygen atoms in total. The first kappa shape index (κ1) is 24.5. The second-order valence-corrected chi connectivity index (χ2v) is 10.6. The molecule has 1 amide bonds. The van der Waals surface area contributed by atoms with Gasteiger partial charge in [-0.25, -0.2) is 14.8 Å². The van der Waals surface area contributed by atoms with Gasteiger partial charge >= 0.3 is 6.09 Å². The van der Waals surface area contributed by atoms with E-state index < -0.39 is 11.7 Å². The van der Waals surface area contributed by atoms with Gasteiger partial charge in [-0.3, -0.25) is 5.32 Å². The van der Waals surface area contributed by atoms with Gasteiger partial charge in [0.05, 0.1) is 11.2 Å². The predicted octanol–water partition coefficient (Wildman–Crippen LogP) is 8.00. The molecule has 0 atom stereocenters. The minimum atomic E-state index is -0.539. The zero-order chi connectivity index (χ0) is 25.0. The van der Waals surface area contributed by atoms with Crippen LogP contribution in [0, 0.1) is 0 Å². The minimum Gasteiger partial charge on any atom is -0.444 e. The number of hydrogen-bond acceptors (Lipinski definition) is 6. The molecule has 1 heterocycles. The van der Waals surface area contributed by atoms with Crippen LogP contribution in [0.15, 0.2) is 82.8 Å². The Kier molecular flexibility index (Phi) is 7.26. The standard InChI is InChI=1S/C28H30N4O2S/c1-18(2)19-10-15-22-24(16-19)29-17-30-26(22)32-23-8-6-7-9-25(23)35-21-13-11-20(12-14-21)31-27(33)34-28(3,4)5/h6-18H,1-5H3,(H,31,33)(H,29,30,32). The molecule has 35 heavy (non-hydrogen) atoms. The van der Waals surface area contributed by atoms with Crippen LogP contribution in [-0.2, 0) is 4.74 Å². The lowest BCUT2D eigenvalue weighted by Crippen LogP contribution is -2.27. The number of benzene rings is 3. The lowest BCUT2D eigenvalue weighted by molar-refractivity contribution is 0.0636. The molecule has 0 radical (unpaired) electrons. The van der Waals surface area contributed by atoms with Crippen LogP contribution < -0.4 is 10.6 Å². The number of carbonyl (C=O) groups excluding carboxylic acids is 1. The highest BCUT2D eigenvalue weighted by molar-refractivity contribution is 7.99. The average Bonchev–Trinajstić information content (AvgIpc) is 2.80. The molecular weight excluding hydrogens is 456 g/mol. The van der Waals surface area contributed by atoms with E-state index in [-0.39, 0.29) is 0 Å². The Morgan fingerprint density at radius 2 is 1.71 bits per heavy atom. The SMILES string of the molecule is CC(C)c1ccc2c(Nc3ccccc3Sc3ccc(NC(=O)OC(C)(C)C)cc3)ncnc2c1. The van der Waals surface area contributed by atoms with Crippen molar-refractivity contribution in [2.75, 3.05) is 10.6 Å². The van der Waals surface area contributed by atoms with Crippen molar-refractivity contribution in [2.45, 2.75) is 55.9 Å². The van der Waals surface area contributed by atoms with E-state index in [2.05, 4.69) is 58.7 Å². The number of nitrogens with zero attached hydrogens (tertiary/aromatic N) is 2. The summed E-state index contributed by atoms with van der Waals surface area (Å²) in [6.45, 7) is 9.87. The van der Waals surface area contributed by atoms with Crippen molar-refractivity contribution >= 4 is 46.0 Å². The molecule has 0 fully saturated rings. The van der Waals surface area contributed by atoms with Gasteiger partial charge in [-0.15, -0.1) is 0 Å². The van der Waals surface area contributed by atoms with Gasteiger partial charge in [0.1, 0.15) is 17.7 Å². The third-order valence-electron chi connectivity index (χ3n) is 5.19. The topological polar surface area (TPSA) is 76.1 Å². The third-order valence-corrected chi connectivity index (χ3v) is 6.28. The van der Waals surface area contributed by atoms with Crippen LogP contribution in [0.25, 0.3) is 10.9 Å². The summed E-state index contributed by atoms with van der Waals surface area (Å²) in [7, 11) is 0. The van der Waals surface area contributed by atoms with Gasteiger partial charge in [0, 0.05) is 20.9 Å². The van der Waals surface area contributed by atoms with Crippen molar-refractivity contribution < 1.29 is 9.53 Å². The van der Waals surface area contributed by atoms with E-state index in [1.54, 1.807) is 18.1 Å². The van der Waals surface area contributed by atoms with Gasteiger partial charge in [-0.05, 0) is 80.8 Å². The van der Waals surface area contributed by atoms with Crippen LogP contribution >= 0.6 is 11.8 Å². The van der Waals surface area contributed by atoms with Gasteiger partial charge in [-0.2, -0.15) is 0 Å². The Morgan fingerprint density at radius 1 is 0.971 bits per heavy atom. The van der Waals surface area contributed by atoms with E-state index in [1.165, 1.54) is 5.56 Å². The fourth-order valence-corrected chi connectivity index (χ4v) is 4.38. The number of anilines is 3. The number of para-hydroxylation sites is 1. The summed E-state index contributed by atoms with van der Waals surface area (Å²) in [4.78, 5) is 23.1. The number of fused-ring (bicyclic) bond motifs is 1. The zero-order valence-corrected chi connectivity index (χ0v) is 21.4. The number of carbonyl (C=O) groups is 1. The van der Waals surface area contributed by atoms with Gasteiger partial charge in [-0.1, -0.05) is 43.8 Å². The van der Waals surface area contributed by atoms with Crippen LogP contribution in [0.3, 0.4) is 0 Å². The molecule has 0 aliphatic carbocycles. The summed E-state index contributed by atoms with van der Waals surface area (Å²) in [6, 6.07) is 22.1. The predicted molar refractivity (Wildman–Crippen MR) is 144 cm³/mol. The summed E-state index contributed by atoms with van der Waals surface area (Å²) in [5.74, 6) is 1.21. The molecule has 0 saturated carbocycles. The number of aromatic nitrogens is 2. The molecule has 0 bridgehead atoms. The minimum absolute atomic E-state index is 0.439. The Hall–Kier alpha value is -3.58. The van der Waals surface area contributed by atoms with Crippen molar-refractivity contribution in [3.05, 3.63) is 78.6 Å². The molecule has 3 aromatic carbocycles. The van der Waals surface area contributed by atoms with Crippen LogP contribution in [0.4, 0.5) is 22.0 Å². The van der Waals surface area contributed by atoms with Gasteiger partial charge < -0.3 is 10.1 Å². The molecular formula is C28H30N4O2S. The van der Waals surface area contributed by atoms with Crippen LogP contribution in [0.1, 0.15) is 46.1 Å². The van der Waals surface area contributed by atoms with Gasteiger partial charge in [0.15, 0.2) is 0 Å². The highest BCUT2D eigenvalue weighted by atomic mass is 32.2. The number of amides is 1. The first-order chi connectivity index (χ1) is 16.7. The highest BCUT2D eigenvalue weighted by Crippen LogP contribution is 2.36. The summed E-state index contributed by atoms with van der Waals surface area (Å²) < 4.78 is 5.31. The van der Waals surface area contributed by atoms with E-state index in [9.17, 15) is 4.79 Å². The number of ether oxygens (including phenoxy) is 1. The highest BCUT2D eigenvalue weighted by Gasteiger charge is 2.16. The van der Waals surface area contributed by atoms with Crippen molar-refractivity contribution in [1.82, 2.24) is 9.97 Å². The fraction of sp³-hybridized carbons (Fsp3) is 0.250. The molecule has 4 rings (SSSR count). The van der Waals surface area contributed by atoms with Gasteiger partial charge in [0.2, 0.25) is 0 Å². The number of nitrogens with one attached hydrogen (secondary N) is 2. The number of rotatable bonds is 6. The largest absolute Gasteiger partial charge is 0.444 e. The molecule has 0 spiro atoms. The normalized spacial score (nSPS) is 11.5. The van der Waals surface area contributed by atoms with Gasteiger partial charge in [0.25, 0.3) is 0 Å². The maximum absolute atomic E-state index is 12.0. The maximum Gasteiger partial charge on any atom is 0.412 e. The Morgan fingerprint density at radius 3 is 2.43 bits per heavy atom. The van der Waals surface area contributed by atoms with Crippen LogP contribution in [0.5, 0.6) is 0 Å². The van der Waals surface area contributed by atoms with E-state index in [0.717, 1.165) is 32.2 Å². The average molecular weight is 487 g/mol. The monoisotopic (exact) mass is 486 g/mol. The van der Waals surface area contributed by atoms with E-state index in [4.69, 9.17) is 4.74 Å².